The number of carbonyl (C=O) groups excluding carboxylic acids is 1. The van der Waals surface area contributed by atoms with Crippen LogP contribution in [0, 0.1) is 0 Å². The van der Waals surface area contributed by atoms with Gasteiger partial charge >= 0.3 is 0 Å². The van der Waals surface area contributed by atoms with Crippen LogP contribution >= 0.6 is 0 Å². The Hall–Kier alpha value is -1.62. The van der Waals surface area contributed by atoms with Gasteiger partial charge < -0.3 is 10.1 Å². The van der Waals surface area contributed by atoms with Gasteiger partial charge in [0.05, 0.1) is 6.20 Å². The van der Waals surface area contributed by atoms with Crippen LogP contribution in [0.3, 0.4) is 0 Å². The SMILES string of the molecule is CNC(=O)c1ccc(OCCN2CCCC2)cn1. The second kappa shape index (κ2) is 6.35. The first-order valence-corrected chi connectivity index (χ1v) is 6.33. The maximum Gasteiger partial charge on any atom is 0.269 e. The maximum absolute atomic E-state index is 11.3. The second-order valence-corrected chi connectivity index (χ2v) is 4.36. The molecule has 5 heteroatoms. The number of hydrogen-bond donors (Lipinski definition) is 1. The molecular weight excluding hydrogens is 230 g/mol. The molecule has 1 aromatic rings. The minimum atomic E-state index is -0.182. The van der Waals surface area contributed by atoms with Crippen LogP contribution in [-0.2, 0) is 0 Å². The van der Waals surface area contributed by atoms with E-state index in [1.165, 1.54) is 25.9 Å². The molecule has 1 fully saturated rings. The number of amides is 1. The van der Waals surface area contributed by atoms with E-state index in [0.29, 0.717) is 18.1 Å². The van der Waals surface area contributed by atoms with Crippen LogP contribution < -0.4 is 10.1 Å². The van der Waals surface area contributed by atoms with Crippen molar-refractivity contribution in [3.63, 3.8) is 0 Å². The molecule has 5 nitrogen and oxygen atoms in total. The van der Waals surface area contributed by atoms with Crippen molar-refractivity contribution in [2.24, 2.45) is 0 Å². The molecule has 0 spiro atoms. The highest BCUT2D eigenvalue weighted by Gasteiger charge is 2.11. The van der Waals surface area contributed by atoms with Crippen molar-refractivity contribution in [3.05, 3.63) is 24.0 Å². The quantitative estimate of drug-likeness (QED) is 0.843. The van der Waals surface area contributed by atoms with Crippen LogP contribution in [0.4, 0.5) is 0 Å². The molecule has 1 N–H and O–H groups in total. The first kappa shape index (κ1) is 12.8. The summed E-state index contributed by atoms with van der Waals surface area (Å²) in [4.78, 5) is 17.7. The number of rotatable bonds is 5. The van der Waals surface area contributed by atoms with Crippen LogP contribution in [0.5, 0.6) is 5.75 Å². The van der Waals surface area contributed by atoms with E-state index < -0.39 is 0 Å². The van der Waals surface area contributed by atoms with E-state index in [2.05, 4.69) is 15.2 Å². The molecule has 98 valence electrons. The monoisotopic (exact) mass is 249 g/mol. The molecule has 0 saturated carbocycles. The Morgan fingerprint density at radius 2 is 2.22 bits per heavy atom. The third kappa shape index (κ3) is 3.43. The lowest BCUT2D eigenvalue weighted by Gasteiger charge is -2.14. The number of carbonyl (C=O) groups is 1. The lowest BCUT2D eigenvalue weighted by Crippen LogP contribution is -2.25. The fraction of sp³-hybridized carbons (Fsp3) is 0.538. The number of pyridine rings is 1. The number of nitrogens with one attached hydrogen (secondary N) is 1. The molecule has 1 amide bonds. The molecule has 0 unspecified atom stereocenters. The summed E-state index contributed by atoms with van der Waals surface area (Å²) in [5.41, 5.74) is 0.407. The van der Waals surface area contributed by atoms with Gasteiger partial charge in [0.2, 0.25) is 0 Å². The van der Waals surface area contributed by atoms with Crippen LogP contribution in [0.1, 0.15) is 23.3 Å². The molecule has 1 saturated heterocycles. The molecule has 2 rings (SSSR count). The van der Waals surface area contributed by atoms with E-state index in [0.717, 1.165) is 6.54 Å². The molecule has 0 bridgehead atoms. The Labute approximate surface area is 107 Å². The van der Waals surface area contributed by atoms with E-state index in [1.54, 1.807) is 25.4 Å². The summed E-state index contributed by atoms with van der Waals surface area (Å²) in [5.74, 6) is 0.528. The average Bonchev–Trinajstić information content (AvgIpc) is 2.92. The number of ether oxygens (including phenoxy) is 1. The van der Waals surface area contributed by atoms with Crippen LogP contribution in [-0.4, -0.2) is 49.1 Å². The van der Waals surface area contributed by atoms with E-state index in [9.17, 15) is 4.79 Å². The summed E-state index contributed by atoms with van der Waals surface area (Å²) in [6.07, 6.45) is 4.18. The summed E-state index contributed by atoms with van der Waals surface area (Å²) in [5, 5.41) is 2.53. The predicted molar refractivity (Wildman–Crippen MR) is 68.8 cm³/mol. The summed E-state index contributed by atoms with van der Waals surface area (Å²) in [6, 6.07) is 3.45. The van der Waals surface area contributed by atoms with Crippen molar-refractivity contribution < 1.29 is 9.53 Å². The van der Waals surface area contributed by atoms with Gasteiger partial charge in [0, 0.05) is 13.6 Å². The zero-order valence-electron chi connectivity index (χ0n) is 10.7. The van der Waals surface area contributed by atoms with Crippen molar-refractivity contribution in [1.29, 1.82) is 0 Å². The van der Waals surface area contributed by atoms with Crippen LogP contribution in [0.15, 0.2) is 18.3 Å². The van der Waals surface area contributed by atoms with Crippen LogP contribution in [0.25, 0.3) is 0 Å². The fourth-order valence-corrected chi connectivity index (χ4v) is 2.03. The van der Waals surface area contributed by atoms with E-state index >= 15 is 0 Å². The third-order valence-corrected chi connectivity index (χ3v) is 3.07. The van der Waals surface area contributed by atoms with Crippen molar-refractivity contribution in [3.8, 4) is 5.75 Å². The largest absolute Gasteiger partial charge is 0.491 e. The minimum Gasteiger partial charge on any atom is -0.491 e. The first-order valence-electron chi connectivity index (χ1n) is 6.33. The Morgan fingerprint density at radius 3 is 2.83 bits per heavy atom. The lowest BCUT2D eigenvalue weighted by molar-refractivity contribution is 0.0958. The summed E-state index contributed by atoms with van der Waals surface area (Å²) in [7, 11) is 1.59. The Kier molecular flexibility index (Phi) is 4.52. The third-order valence-electron chi connectivity index (χ3n) is 3.07. The van der Waals surface area contributed by atoms with Gasteiger partial charge in [-0.15, -0.1) is 0 Å². The molecule has 0 radical (unpaired) electrons. The second-order valence-electron chi connectivity index (χ2n) is 4.36. The van der Waals surface area contributed by atoms with Gasteiger partial charge in [0.15, 0.2) is 0 Å². The molecular formula is C13H19N3O2. The summed E-state index contributed by atoms with van der Waals surface area (Å²) >= 11 is 0. The molecule has 2 heterocycles. The van der Waals surface area contributed by atoms with Crippen molar-refractivity contribution >= 4 is 5.91 Å². The van der Waals surface area contributed by atoms with E-state index in [-0.39, 0.29) is 5.91 Å². The molecule has 0 aliphatic carbocycles. The normalized spacial score (nSPS) is 15.6. The van der Waals surface area contributed by atoms with E-state index in [1.807, 2.05) is 0 Å². The van der Waals surface area contributed by atoms with Crippen LogP contribution in [0.2, 0.25) is 0 Å². The summed E-state index contributed by atoms with van der Waals surface area (Å²) < 4.78 is 5.60. The van der Waals surface area contributed by atoms with Gasteiger partial charge in [0.1, 0.15) is 18.1 Å². The van der Waals surface area contributed by atoms with Gasteiger partial charge in [-0.2, -0.15) is 0 Å². The Morgan fingerprint density at radius 1 is 1.44 bits per heavy atom. The maximum atomic E-state index is 11.3. The Balaban J connectivity index is 1.77. The lowest BCUT2D eigenvalue weighted by atomic mass is 10.3. The van der Waals surface area contributed by atoms with Gasteiger partial charge in [-0.05, 0) is 38.1 Å². The van der Waals surface area contributed by atoms with Gasteiger partial charge in [-0.1, -0.05) is 0 Å². The predicted octanol–water partition coefficient (Wildman–Crippen LogP) is 0.916. The zero-order chi connectivity index (χ0) is 12.8. The van der Waals surface area contributed by atoms with Crippen molar-refractivity contribution in [1.82, 2.24) is 15.2 Å². The summed E-state index contributed by atoms with van der Waals surface area (Å²) in [6.45, 7) is 3.98. The molecule has 1 aliphatic rings. The molecule has 18 heavy (non-hydrogen) atoms. The van der Waals surface area contributed by atoms with E-state index in [4.69, 9.17) is 4.74 Å². The first-order chi connectivity index (χ1) is 8.79. The van der Waals surface area contributed by atoms with Gasteiger partial charge in [-0.25, -0.2) is 4.98 Å². The van der Waals surface area contributed by atoms with Crippen molar-refractivity contribution in [2.75, 3.05) is 33.3 Å². The average molecular weight is 249 g/mol. The Bertz CT molecular complexity index is 386. The molecule has 0 atom stereocenters. The number of aromatic nitrogens is 1. The number of likely N-dealkylation sites (tertiary alicyclic amines) is 1. The highest BCUT2D eigenvalue weighted by atomic mass is 16.5. The van der Waals surface area contributed by atoms with Crippen molar-refractivity contribution in [2.45, 2.75) is 12.8 Å². The molecule has 0 aromatic carbocycles. The smallest absolute Gasteiger partial charge is 0.269 e. The highest BCUT2D eigenvalue weighted by molar-refractivity contribution is 5.91. The van der Waals surface area contributed by atoms with Gasteiger partial charge in [0.25, 0.3) is 5.91 Å². The van der Waals surface area contributed by atoms with Gasteiger partial charge in [-0.3, -0.25) is 9.69 Å². The molecule has 1 aromatic heterocycles. The molecule has 1 aliphatic heterocycles. The number of hydrogen-bond acceptors (Lipinski definition) is 4. The zero-order valence-corrected chi connectivity index (χ0v) is 10.7. The fourth-order valence-electron chi connectivity index (χ4n) is 2.03. The highest BCUT2D eigenvalue weighted by Crippen LogP contribution is 2.10. The minimum absolute atomic E-state index is 0.182. The topological polar surface area (TPSA) is 54.5 Å². The standard InChI is InChI=1S/C13H19N3O2/c1-14-13(17)12-5-4-11(10-15-12)18-9-8-16-6-2-3-7-16/h4-5,10H,2-3,6-9H2,1H3,(H,14,17). The number of nitrogens with zero attached hydrogens (tertiary/aromatic N) is 2.